The molecule has 0 aliphatic rings. The average Bonchev–Trinajstić information content (AvgIpc) is 1.98. The standard InChI is InChI=1S/C11H22INO2/c1-8(2)6-9(7-12)13-10(14)15-11(3,4)5/h8-9H,6-7H2,1-5H3,(H,13,14). The van der Waals surface area contributed by atoms with Gasteiger partial charge in [-0.3, -0.25) is 0 Å². The van der Waals surface area contributed by atoms with E-state index < -0.39 is 5.60 Å². The van der Waals surface area contributed by atoms with E-state index in [1.807, 2.05) is 20.8 Å². The van der Waals surface area contributed by atoms with Crippen molar-refractivity contribution in [3.05, 3.63) is 0 Å². The number of ether oxygens (including phenoxy) is 1. The van der Waals surface area contributed by atoms with Crippen molar-refractivity contribution in [3.8, 4) is 0 Å². The molecule has 0 heterocycles. The SMILES string of the molecule is CC(C)CC(CI)NC(=O)OC(C)(C)C. The number of halogens is 1. The van der Waals surface area contributed by atoms with Crippen LogP contribution in [-0.2, 0) is 4.74 Å². The number of carbonyl (C=O) groups is 1. The van der Waals surface area contributed by atoms with Gasteiger partial charge in [0.25, 0.3) is 0 Å². The summed E-state index contributed by atoms with van der Waals surface area (Å²) in [4.78, 5) is 11.5. The van der Waals surface area contributed by atoms with E-state index in [2.05, 4.69) is 41.8 Å². The third-order valence-corrected chi connectivity index (χ3v) is 2.73. The molecule has 0 radical (unpaired) electrons. The van der Waals surface area contributed by atoms with Crippen LogP contribution < -0.4 is 5.32 Å². The fourth-order valence-electron chi connectivity index (χ4n) is 1.20. The minimum atomic E-state index is -0.419. The van der Waals surface area contributed by atoms with E-state index in [9.17, 15) is 4.79 Å². The van der Waals surface area contributed by atoms with Gasteiger partial charge in [-0.25, -0.2) is 4.79 Å². The fraction of sp³-hybridized carbons (Fsp3) is 0.909. The van der Waals surface area contributed by atoms with Gasteiger partial charge in [0, 0.05) is 10.5 Å². The molecule has 0 bridgehead atoms. The van der Waals surface area contributed by atoms with Crippen molar-refractivity contribution in [3.63, 3.8) is 0 Å². The molecule has 1 atom stereocenters. The molecule has 1 unspecified atom stereocenters. The Labute approximate surface area is 106 Å². The molecule has 0 aromatic carbocycles. The van der Waals surface area contributed by atoms with Gasteiger partial charge < -0.3 is 10.1 Å². The first-order chi connectivity index (χ1) is 6.74. The smallest absolute Gasteiger partial charge is 0.407 e. The van der Waals surface area contributed by atoms with Crippen LogP contribution in [0.25, 0.3) is 0 Å². The first-order valence-corrected chi connectivity index (χ1v) is 6.82. The minimum Gasteiger partial charge on any atom is -0.444 e. The first-order valence-electron chi connectivity index (χ1n) is 5.30. The second-order valence-corrected chi connectivity index (χ2v) is 6.01. The molecule has 0 aliphatic carbocycles. The third-order valence-electron chi connectivity index (χ3n) is 1.66. The summed E-state index contributed by atoms with van der Waals surface area (Å²) in [5.41, 5.74) is -0.419. The number of alkyl halides is 1. The van der Waals surface area contributed by atoms with Gasteiger partial charge in [-0.05, 0) is 33.1 Å². The minimum absolute atomic E-state index is 0.209. The summed E-state index contributed by atoms with van der Waals surface area (Å²) >= 11 is 2.28. The van der Waals surface area contributed by atoms with Crippen molar-refractivity contribution in [1.29, 1.82) is 0 Å². The average molecular weight is 327 g/mol. The van der Waals surface area contributed by atoms with E-state index in [0.717, 1.165) is 10.8 Å². The number of rotatable bonds is 4. The largest absolute Gasteiger partial charge is 0.444 e. The van der Waals surface area contributed by atoms with Crippen LogP contribution in [0.15, 0.2) is 0 Å². The Morgan fingerprint density at radius 2 is 1.93 bits per heavy atom. The van der Waals surface area contributed by atoms with Crippen molar-refractivity contribution >= 4 is 28.7 Å². The summed E-state index contributed by atoms with van der Waals surface area (Å²) in [5, 5.41) is 2.89. The molecule has 15 heavy (non-hydrogen) atoms. The lowest BCUT2D eigenvalue weighted by molar-refractivity contribution is 0.0505. The Kier molecular flexibility index (Phi) is 6.55. The maximum Gasteiger partial charge on any atom is 0.407 e. The normalized spacial score (nSPS) is 13.8. The van der Waals surface area contributed by atoms with E-state index in [1.165, 1.54) is 0 Å². The van der Waals surface area contributed by atoms with Gasteiger partial charge in [0.15, 0.2) is 0 Å². The second kappa shape index (κ2) is 6.55. The predicted octanol–water partition coefficient (Wildman–Crippen LogP) is 3.36. The van der Waals surface area contributed by atoms with Crippen LogP contribution >= 0.6 is 22.6 Å². The van der Waals surface area contributed by atoms with Gasteiger partial charge in [0.1, 0.15) is 5.60 Å². The summed E-state index contributed by atoms with van der Waals surface area (Å²) in [6.45, 7) is 9.91. The number of alkyl carbamates (subject to hydrolysis) is 1. The van der Waals surface area contributed by atoms with E-state index in [0.29, 0.717) is 5.92 Å². The molecule has 3 nitrogen and oxygen atoms in total. The van der Waals surface area contributed by atoms with E-state index in [-0.39, 0.29) is 12.1 Å². The first kappa shape index (κ1) is 15.0. The lowest BCUT2D eigenvalue weighted by atomic mass is 10.1. The zero-order valence-electron chi connectivity index (χ0n) is 10.3. The number of amides is 1. The maximum atomic E-state index is 11.5. The zero-order chi connectivity index (χ0) is 12.1. The van der Waals surface area contributed by atoms with E-state index >= 15 is 0 Å². The molecule has 0 spiro atoms. The van der Waals surface area contributed by atoms with Gasteiger partial charge in [-0.1, -0.05) is 36.4 Å². The predicted molar refractivity (Wildman–Crippen MR) is 71.5 cm³/mol. The Morgan fingerprint density at radius 3 is 2.27 bits per heavy atom. The molecule has 0 rings (SSSR count). The van der Waals surface area contributed by atoms with Crippen LogP contribution in [0.1, 0.15) is 41.0 Å². The number of hydrogen-bond acceptors (Lipinski definition) is 2. The van der Waals surface area contributed by atoms with E-state index in [1.54, 1.807) is 0 Å². The highest BCUT2D eigenvalue weighted by atomic mass is 127. The molecule has 0 saturated carbocycles. The molecule has 1 amide bonds. The quantitative estimate of drug-likeness (QED) is 0.635. The van der Waals surface area contributed by atoms with Crippen LogP contribution in [0.2, 0.25) is 0 Å². The third kappa shape index (κ3) is 8.96. The highest BCUT2D eigenvalue weighted by molar-refractivity contribution is 14.1. The lowest BCUT2D eigenvalue weighted by Gasteiger charge is -2.23. The Hall–Kier alpha value is 0. The topological polar surface area (TPSA) is 38.3 Å². The number of carbonyl (C=O) groups excluding carboxylic acids is 1. The number of hydrogen-bond donors (Lipinski definition) is 1. The Bertz CT molecular complexity index is 199. The van der Waals surface area contributed by atoms with Gasteiger partial charge >= 0.3 is 6.09 Å². The van der Waals surface area contributed by atoms with Crippen molar-refractivity contribution in [2.75, 3.05) is 4.43 Å². The summed E-state index contributed by atoms with van der Waals surface area (Å²) < 4.78 is 6.11. The van der Waals surface area contributed by atoms with Gasteiger partial charge in [-0.15, -0.1) is 0 Å². The molecule has 4 heteroatoms. The van der Waals surface area contributed by atoms with Crippen LogP contribution in [-0.4, -0.2) is 22.2 Å². The van der Waals surface area contributed by atoms with Crippen LogP contribution in [0.5, 0.6) is 0 Å². The molecule has 0 aliphatic heterocycles. The van der Waals surface area contributed by atoms with Gasteiger partial charge in [0.05, 0.1) is 0 Å². The Balaban J connectivity index is 4.02. The molecule has 0 aromatic heterocycles. The second-order valence-electron chi connectivity index (χ2n) is 5.13. The summed E-state index contributed by atoms with van der Waals surface area (Å²) in [5.74, 6) is 0.583. The van der Waals surface area contributed by atoms with E-state index in [4.69, 9.17) is 4.74 Å². The summed E-state index contributed by atoms with van der Waals surface area (Å²) in [7, 11) is 0. The molecule has 0 aromatic rings. The summed E-state index contributed by atoms with van der Waals surface area (Å²) in [6, 6.07) is 0.209. The van der Waals surface area contributed by atoms with Gasteiger partial charge in [-0.2, -0.15) is 0 Å². The molecular formula is C11H22INO2. The highest BCUT2D eigenvalue weighted by Crippen LogP contribution is 2.10. The van der Waals surface area contributed by atoms with Crippen molar-refractivity contribution < 1.29 is 9.53 Å². The highest BCUT2D eigenvalue weighted by Gasteiger charge is 2.19. The number of nitrogens with one attached hydrogen (secondary N) is 1. The molecule has 1 N–H and O–H groups in total. The zero-order valence-corrected chi connectivity index (χ0v) is 12.4. The van der Waals surface area contributed by atoms with Crippen molar-refractivity contribution in [2.24, 2.45) is 5.92 Å². The summed E-state index contributed by atoms with van der Waals surface area (Å²) in [6.07, 6.45) is 0.673. The van der Waals surface area contributed by atoms with Crippen LogP contribution in [0.4, 0.5) is 4.79 Å². The van der Waals surface area contributed by atoms with Crippen molar-refractivity contribution in [1.82, 2.24) is 5.32 Å². The van der Waals surface area contributed by atoms with Crippen molar-refractivity contribution in [2.45, 2.75) is 52.7 Å². The Morgan fingerprint density at radius 1 is 1.40 bits per heavy atom. The van der Waals surface area contributed by atoms with Crippen LogP contribution in [0.3, 0.4) is 0 Å². The van der Waals surface area contributed by atoms with Crippen LogP contribution in [0, 0.1) is 5.92 Å². The molecule has 0 saturated heterocycles. The monoisotopic (exact) mass is 327 g/mol. The lowest BCUT2D eigenvalue weighted by Crippen LogP contribution is -2.40. The van der Waals surface area contributed by atoms with Gasteiger partial charge in [0.2, 0.25) is 0 Å². The molecule has 90 valence electrons. The maximum absolute atomic E-state index is 11.5. The molecule has 0 fully saturated rings. The fourth-order valence-corrected chi connectivity index (χ4v) is 1.78. The molecular weight excluding hydrogens is 305 g/mol.